The van der Waals surface area contributed by atoms with Crippen LogP contribution in [-0.2, 0) is 48.4 Å². The molecule has 464 valence electrons. The maximum Gasteiger partial charge on any atom is 0.243 e. The summed E-state index contributed by atoms with van der Waals surface area (Å²) in [5, 5.41) is 19.5. The zero-order valence-electron chi connectivity index (χ0n) is 50.0. The summed E-state index contributed by atoms with van der Waals surface area (Å²) >= 11 is 6.17. The van der Waals surface area contributed by atoms with E-state index in [9.17, 15) is 46.8 Å². The molecule has 1 aromatic rings. The highest BCUT2D eigenvalue weighted by Gasteiger charge is 2.36. The summed E-state index contributed by atoms with van der Waals surface area (Å²) in [6, 6.07) is -3.14. The van der Waals surface area contributed by atoms with Crippen molar-refractivity contribution in [1.82, 2.24) is 41.5 Å². The summed E-state index contributed by atoms with van der Waals surface area (Å²) in [4.78, 5) is 111. The van der Waals surface area contributed by atoms with E-state index >= 15 is 0 Å². The summed E-state index contributed by atoms with van der Waals surface area (Å²) in [5.74, 6) is -5.89. The number of primary amides is 1. The van der Waals surface area contributed by atoms with Gasteiger partial charge in [0, 0.05) is 17.6 Å². The number of nitrogens with one attached hydrogen (secondary N) is 7. The van der Waals surface area contributed by atoms with Gasteiger partial charge >= 0.3 is 0 Å². The normalized spacial score (nSPS) is 14.9. The molecule has 0 aliphatic rings. The average Bonchev–Trinajstić information content (AvgIpc) is 3.38. The molecule has 8 amide bonds. The van der Waals surface area contributed by atoms with E-state index in [1.165, 1.54) is 24.3 Å². The summed E-state index contributed by atoms with van der Waals surface area (Å²) in [6.45, 7) is 18.7. The van der Waals surface area contributed by atoms with Crippen LogP contribution >= 0.6 is 11.6 Å². The first kappa shape index (κ1) is 74.0. The Kier molecular flexibility index (Phi) is 35.4. The molecule has 0 aliphatic carbocycles. The monoisotopic (exact) mass is 1180 g/mol. The van der Waals surface area contributed by atoms with E-state index in [2.05, 4.69) is 37.2 Å². The van der Waals surface area contributed by atoms with E-state index in [-0.39, 0.29) is 91.0 Å². The SMILES string of the molecule is CC(C)C[C@H](N)CN(CC(=O)N[C@@H](CCCCN)C(=O)N[C@@H](CC(C)C)C(=O)N[C@@H](CC(C)C)C(=O)N[C@@H](CCCCN)C(=O)N[C@@H](CCCCN)C(=O)N[C@@H](CC(C)C)C(=O)N[C@@H](CC(C)C)C(N)=O)S(=O)(=O)c1cccc(Cl)c1. The summed E-state index contributed by atoms with van der Waals surface area (Å²) in [6.07, 6.45) is 4.23. The lowest BCUT2D eigenvalue weighted by Gasteiger charge is -2.29. The highest BCUT2D eigenvalue weighted by molar-refractivity contribution is 7.89. The molecule has 23 nitrogen and oxygen atoms in total. The topological polar surface area (TPSA) is 388 Å². The van der Waals surface area contributed by atoms with Gasteiger partial charge in [0.25, 0.3) is 0 Å². The minimum Gasteiger partial charge on any atom is -0.368 e. The smallest absolute Gasteiger partial charge is 0.243 e. The van der Waals surface area contributed by atoms with E-state index in [1.807, 2.05) is 69.2 Å². The molecule has 0 radical (unpaired) electrons. The lowest BCUT2D eigenvalue weighted by molar-refractivity contribution is -0.136. The maximum absolute atomic E-state index is 14.4. The number of amides is 8. The van der Waals surface area contributed by atoms with Crippen LogP contribution in [-0.4, -0.2) is 141 Å². The molecule has 0 saturated heterocycles. The number of nitrogens with two attached hydrogens (primary N) is 5. The lowest BCUT2D eigenvalue weighted by atomic mass is 9.98. The summed E-state index contributed by atoms with van der Waals surface area (Å²) in [7, 11) is -4.31. The van der Waals surface area contributed by atoms with Crippen molar-refractivity contribution in [2.75, 3.05) is 32.7 Å². The third kappa shape index (κ3) is 29.7. The number of rotatable bonds is 42. The van der Waals surface area contributed by atoms with Crippen molar-refractivity contribution in [2.24, 2.45) is 58.3 Å². The van der Waals surface area contributed by atoms with Crippen LogP contribution in [0, 0.1) is 29.6 Å². The minimum absolute atomic E-state index is 0.0277. The highest BCUT2D eigenvalue weighted by atomic mass is 35.5. The van der Waals surface area contributed by atoms with Crippen LogP contribution in [0.5, 0.6) is 0 Å². The number of hydrogen-bond donors (Lipinski definition) is 12. The Bertz CT molecular complexity index is 2240. The van der Waals surface area contributed by atoms with Crippen LogP contribution < -0.4 is 65.9 Å². The second-order valence-electron chi connectivity index (χ2n) is 23.4. The van der Waals surface area contributed by atoms with Gasteiger partial charge in [-0.15, -0.1) is 0 Å². The van der Waals surface area contributed by atoms with Gasteiger partial charge in [0.1, 0.15) is 42.3 Å². The molecule has 0 spiro atoms. The Morgan fingerprint density at radius 3 is 1.14 bits per heavy atom. The van der Waals surface area contributed by atoms with Crippen molar-refractivity contribution in [3.63, 3.8) is 0 Å². The molecule has 0 unspecified atom stereocenters. The first-order valence-corrected chi connectivity index (χ1v) is 30.8. The second kappa shape index (κ2) is 38.7. The Morgan fingerprint density at radius 1 is 0.481 bits per heavy atom. The average molecular weight is 1190 g/mol. The molecule has 1 aromatic carbocycles. The van der Waals surface area contributed by atoms with Crippen molar-refractivity contribution in [2.45, 2.75) is 212 Å². The van der Waals surface area contributed by atoms with E-state index in [1.54, 1.807) is 0 Å². The number of unbranched alkanes of at least 4 members (excludes halogenated alkanes) is 3. The summed E-state index contributed by atoms with van der Waals surface area (Å²) in [5.41, 5.74) is 29.4. The molecular formula is C56H102ClN13O10S. The molecule has 25 heteroatoms. The molecule has 81 heavy (non-hydrogen) atoms. The fraction of sp³-hybridized carbons (Fsp3) is 0.750. The van der Waals surface area contributed by atoms with Crippen molar-refractivity contribution in [3.8, 4) is 0 Å². The Labute approximate surface area is 487 Å². The Hall–Kier alpha value is -4.98. The van der Waals surface area contributed by atoms with Gasteiger partial charge < -0.3 is 65.9 Å². The first-order valence-electron chi connectivity index (χ1n) is 29.0. The highest BCUT2D eigenvalue weighted by Crippen LogP contribution is 2.21. The third-order valence-corrected chi connectivity index (χ3v) is 15.2. The van der Waals surface area contributed by atoms with Crippen LogP contribution in [0.15, 0.2) is 29.2 Å². The van der Waals surface area contributed by atoms with Crippen molar-refractivity contribution in [1.29, 1.82) is 0 Å². The standard InChI is InChI=1S/C56H102ClN13O10S/c1-34(2)26-40(61)32-70(81(79,80)41-19-17-18-39(57)31-41)33-49(71)63-42(20-11-14-23-58)51(73)67-48(30-38(9)10)56(78)69-46(28-36(5)6)54(76)65-43(21-12-15-24-59)52(74)64-44(22-13-16-25-60)53(75)68-47(29-37(7)8)55(77)66-45(50(62)72)27-35(3)4/h17-19,31,34-38,40,42-48H,11-16,20-30,32-33,58-61H2,1-10H3,(H2,62,72)(H,63,71)(H,64,74)(H,65,76)(H,66,77)(H,67,73)(H,68,75)(H,69,78)/t40-,42-,43-,44-,45-,46-,47-,48-/m0/s1. The molecule has 0 aliphatic heterocycles. The number of benzene rings is 1. The molecular weight excluding hydrogens is 1080 g/mol. The predicted octanol–water partition coefficient (Wildman–Crippen LogP) is 2.15. The molecule has 1 rings (SSSR count). The quantitative estimate of drug-likeness (QED) is 0.0418. The van der Waals surface area contributed by atoms with Gasteiger partial charge in [-0.1, -0.05) is 86.9 Å². The number of carbonyl (C=O) groups excluding carboxylic acids is 8. The number of hydrogen-bond acceptors (Lipinski definition) is 14. The Morgan fingerprint density at radius 2 is 0.802 bits per heavy atom. The van der Waals surface area contributed by atoms with Crippen LogP contribution in [0.1, 0.15) is 159 Å². The number of nitrogens with zero attached hydrogens (tertiary/aromatic N) is 1. The van der Waals surface area contributed by atoms with Crippen LogP contribution in [0.4, 0.5) is 0 Å². The van der Waals surface area contributed by atoms with Crippen LogP contribution in [0.3, 0.4) is 0 Å². The molecule has 0 heterocycles. The number of sulfonamides is 1. The van der Waals surface area contributed by atoms with Gasteiger partial charge in [-0.3, -0.25) is 38.4 Å². The lowest BCUT2D eigenvalue weighted by Crippen LogP contribution is -2.60. The first-order chi connectivity index (χ1) is 37.9. The number of halogens is 1. The van der Waals surface area contributed by atoms with Gasteiger partial charge in [0.2, 0.25) is 57.3 Å². The number of carbonyl (C=O) groups is 8. The van der Waals surface area contributed by atoms with Gasteiger partial charge in [0.15, 0.2) is 0 Å². The van der Waals surface area contributed by atoms with Crippen molar-refractivity contribution in [3.05, 3.63) is 29.3 Å². The van der Waals surface area contributed by atoms with Crippen molar-refractivity contribution < 1.29 is 46.8 Å². The van der Waals surface area contributed by atoms with E-state index in [0.717, 1.165) is 4.31 Å². The van der Waals surface area contributed by atoms with Gasteiger partial charge in [0.05, 0.1) is 11.4 Å². The fourth-order valence-corrected chi connectivity index (χ4v) is 10.9. The van der Waals surface area contributed by atoms with Crippen LogP contribution in [0.25, 0.3) is 0 Å². The maximum atomic E-state index is 14.4. The molecule has 0 saturated carbocycles. The molecule has 0 bridgehead atoms. The predicted molar refractivity (Wildman–Crippen MR) is 317 cm³/mol. The van der Waals surface area contributed by atoms with E-state index in [0.29, 0.717) is 64.6 Å². The van der Waals surface area contributed by atoms with E-state index < -0.39 is 112 Å². The Balaban J connectivity index is 3.57. The largest absolute Gasteiger partial charge is 0.368 e. The summed E-state index contributed by atoms with van der Waals surface area (Å²) < 4.78 is 29.0. The zero-order valence-corrected chi connectivity index (χ0v) is 51.5. The molecule has 17 N–H and O–H groups in total. The molecule has 8 atom stereocenters. The minimum atomic E-state index is -4.31. The zero-order chi connectivity index (χ0) is 61.6. The van der Waals surface area contributed by atoms with E-state index in [4.69, 9.17) is 40.3 Å². The second-order valence-corrected chi connectivity index (χ2v) is 25.8. The van der Waals surface area contributed by atoms with Crippen molar-refractivity contribution >= 4 is 68.9 Å². The molecule has 0 fully saturated rings. The van der Waals surface area contributed by atoms with Crippen LogP contribution in [0.2, 0.25) is 5.02 Å². The third-order valence-electron chi connectivity index (χ3n) is 13.1. The molecule has 0 aromatic heterocycles. The van der Waals surface area contributed by atoms with Gasteiger partial charge in [-0.05, 0) is 157 Å². The fourth-order valence-electron chi connectivity index (χ4n) is 9.11. The van der Waals surface area contributed by atoms with Gasteiger partial charge in [-0.2, -0.15) is 4.31 Å². The van der Waals surface area contributed by atoms with Gasteiger partial charge in [-0.25, -0.2) is 8.42 Å².